The molecule has 1 N–H and O–H groups in total. The summed E-state index contributed by atoms with van der Waals surface area (Å²) in [5.41, 5.74) is 0.410. The zero-order chi connectivity index (χ0) is 14.0. The van der Waals surface area contributed by atoms with Gasteiger partial charge in [0.2, 0.25) is 0 Å². The second-order valence-electron chi connectivity index (χ2n) is 6.25. The van der Waals surface area contributed by atoms with Crippen molar-refractivity contribution in [2.75, 3.05) is 6.54 Å². The van der Waals surface area contributed by atoms with E-state index in [4.69, 9.17) is 4.52 Å². The molecule has 4 nitrogen and oxygen atoms in total. The first-order chi connectivity index (χ1) is 8.99. The van der Waals surface area contributed by atoms with E-state index in [2.05, 4.69) is 38.2 Å². The van der Waals surface area contributed by atoms with Crippen LogP contribution in [0, 0.1) is 17.8 Å². The van der Waals surface area contributed by atoms with Gasteiger partial charge in [0.1, 0.15) is 5.76 Å². The van der Waals surface area contributed by atoms with Crippen LogP contribution in [0.4, 0.5) is 0 Å². The number of carbonyl (C=O) groups excluding carboxylic acids is 1. The highest BCUT2D eigenvalue weighted by Gasteiger charge is 2.29. The Morgan fingerprint density at radius 3 is 2.53 bits per heavy atom. The molecule has 0 saturated heterocycles. The van der Waals surface area contributed by atoms with Crippen molar-refractivity contribution in [1.82, 2.24) is 10.5 Å². The van der Waals surface area contributed by atoms with Crippen molar-refractivity contribution in [3.05, 3.63) is 17.5 Å². The SMILES string of the molecule is CC(C)C(CNC(=O)c1cc(C2CC2)on1)C(C)C. The van der Waals surface area contributed by atoms with Gasteiger partial charge in [0.15, 0.2) is 5.69 Å². The van der Waals surface area contributed by atoms with Crippen LogP contribution in [-0.4, -0.2) is 17.6 Å². The monoisotopic (exact) mass is 264 g/mol. The van der Waals surface area contributed by atoms with E-state index in [-0.39, 0.29) is 5.91 Å². The van der Waals surface area contributed by atoms with Crippen LogP contribution in [0.1, 0.15) is 62.7 Å². The Morgan fingerprint density at radius 1 is 1.37 bits per heavy atom. The molecule has 1 aromatic heterocycles. The van der Waals surface area contributed by atoms with Crippen molar-refractivity contribution < 1.29 is 9.32 Å². The first kappa shape index (κ1) is 14.1. The van der Waals surface area contributed by atoms with Gasteiger partial charge in [0.05, 0.1) is 0 Å². The molecule has 1 saturated carbocycles. The predicted molar refractivity (Wildman–Crippen MR) is 74.0 cm³/mol. The summed E-state index contributed by atoms with van der Waals surface area (Å²) >= 11 is 0. The Balaban J connectivity index is 1.88. The number of aromatic nitrogens is 1. The minimum absolute atomic E-state index is 0.123. The molecule has 1 fully saturated rings. The maximum atomic E-state index is 12.0. The Hall–Kier alpha value is -1.32. The first-order valence-corrected chi connectivity index (χ1v) is 7.23. The average Bonchev–Trinajstić information content (AvgIpc) is 3.06. The number of hydrogen-bond acceptors (Lipinski definition) is 3. The number of nitrogens with zero attached hydrogens (tertiary/aromatic N) is 1. The standard InChI is InChI=1S/C15H24N2O2/c1-9(2)12(10(3)4)8-16-15(18)13-7-14(19-17-13)11-5-6-11/h7,9-12H,5-6,8H2,1-4H3,(H,16,18). The molecule has 1 aliphatic rings. The highest BCUT2D eigenvalue weighted by Crippen LogP contribution is 2.40. The summed E-state index contributed by atoms with van der Waals surface area (Å²) in [6.07, 6.45) is 2.30. The van der Waals surface area contributed by atoms with E-state index in [1.54, 1.807) is 6.07 Å². The van der Waals surface area contributed by atoms with E-state index in [0.29, 0.717) is 35.9 Å². The van der Waals surface area contributed by atoms with Crippen LogP contribution in [0.2, 0.25) is 0 Å². The Kier molecular flexibility index (Phi) is 4.27. The molecule has 4 heteroatoms. The summed E-state index contributed by atoms with van der Waals surface area (Å²) in [7, 11) is 0. The van der Waals surface area contributed by atoms with Gasteiger partial charge in [-0.1, -0.05) is 32.9 Å². The van der Waals surface area contributed by atoms with Crippen LogP contribution in [0.15, 0.2) is 10.6 Å². The normalized spacial score (nSPS) is 15.5. The van der Waals surface area contributed by atoms with E-state index in [0.717, 1.165) is 18.6 Å². The molecule has 0 aromatic carbocycles. The predicted octanol–water partition coefficient (Wildman–Crippen LogP) is 3.21. The van der Waals surface area contributed by atoms with E-state index in [1.807, 2.05) is 0 Å². The van der Waals surface area contributed by atoms with Gasteiger partial charge in [-0.2, -0.15) is 0 Å². The molecule has 106 valence electrons. The second kappa shape index (κ2) is 5.76. The Labute approximate surface area is 114 Å². The van der Waals surface area contributed by atoms with Crippen molar-refractivity contribution in [1.29, 1.82) is 0 Å². The van der Waals surface area contributed by atoms with Gasteiger partial charge in [0, 0.05) is 18.5 Å². The van der Waals surface area contributed by atoms with Crippen molar-refractivity contribution in [3.63, 3.8) is 0 Å². The van der Waals surface area contributed by atoms with E-state index >= 15 is 0 Å². The molecule has 1 amide bonds. The minimum atomic E-state index is -0.123. The molecule has 0 aliphatic heterocycles. The average molecular weight is 264 g/mol. The molecule has 0 bridgehead atoms. The molecule has 1 aromatic rings. The van der Waals surface area contributed by atoms with E-state index < -0.39 is 0 Å². The second-order valence-corrected chi connectivity index (χ2v) is 6.25. The van der Waals surface area contributed by atoms with Gasteiger partial charge in [-0.05, 0) is 30.6 Å². The summed E-state index contributed by atoms with van der Waals surface area (Å²) in [4.78, 5) is 12.0. The fraction of sp³-hybridized carbons (Fsp3) is 0.733. The van der Waals surface area contributed by atoms with E-state index in [9.17, 15) is 4.79 Å². The molecule has 1 aliphatic carbocycles. The third kappa shape index (κ3) is 3.58. The summed E-state index contributed by atoms with van der Waals surface area (Å²) in [5.74, 6) is 2.82. The zero-order valence-corrected chi connectivity index (χ0v) is 12.3. The summed E-state index contributed by atoms with van der Waals surface area (Å²) in [6, 6.07) is 1.78. The number of carbonyl (C=O) groups is 1. The number of hydrogen-bond donors (Lipinski definition) is 1. The number of nitrogens with one attached hydrogen (secondary N) is 1. The number of rotatable bonds is 6. The molecular formula is C15H24N2O2. The topological polar surface area (TPSA) is 55.1 Å². The largest absolute Gasteiger partial charge is 0.360 e. The lowest BCUT2D eigenvalue weighted by molar-refractivity contribution is 0.0928. The van der Waals surface area contributed by atoms with Crippen LogP contribution < -0.4 is 5.32 Å². The smallest absolute Gasteiger partial charge is 0.273 e. The van der Waals surface area contributed by atoms with Gasteiger partial charge in [-0.25, -0.2) is 0 Å². The van der Waals surface area contributed by atoms with Gasteiger partial charge >= 0.3 is 0 Å². The molecule has 0 unspecified atom stereocenters. The fourth-order valence-electron chi connectivity index (χ4n) is 2.50. The van der Waals surface area contributed by atoms with Crippen molar-refractivity contribution in [2.24, 2.45) is 17.8 Å². The number of amides is 1. The Bertz CT molecular complexity index is 425. The molecule has 0 radical (unpaired) electrons. The summed E-state index contributed by atoms with van der Waals surface area (Å²) in [6.45, 7) is 9.46. The molecule has 1 heterocycles. The lowest BCUT2D eigenvalue weighted by Gasteiger charge is -2.24. The van der Waals surface area contributed by atoms with Gasteiger partial charge in [-0.3, -0.25) is 4.79 Å². The molecule has 2 rings (SSSR count). The molecule has 19 heavy (non-hydrogen) atoms. The summed E-state index contributed by atoms with van der Waals surface area (Å²) < 4.78 is 5.20. The molecule has 0 atom stereocenters. The Morgan fingerprint density at radius 2 is 2.00 bits per heavy atom. The highest BCUT2D eigenvalue weighted by atomic mass is 16.5. The lowest BCUT2D eigenvalue weighted by Crippen LogP contribution is -2.34. The zero-order valence-electron chi connectivity index (χ0n) is 12.3. The summed E-state index contributed by atoms with van der Waals surface area (Å²) in [5, 5.41) is 6.83. The minimum Gasteiger partial charge on any atom is -0.360 e. The maximum absolute atomic E-state index is 12.0. The van der Waals surface area contributed by atoms with E-state index in [1.165, 1.54) is 0 Å². The van der Waals surface area contributed by atoms with Crippen LogP contribution >= 0.6 is 0 Å². The first-order valence-electron chi connectivity index (χ1n) is 7.23. The van der Waals surface area contributed by atoms with Crippen LogP contribution in [0.25, 0.3) is 0 Å². The third-order valence-corrected chi connectivity index (χ3v) is 3.95. The van der Waals surface area contributed by atoms with Gasteiger partial charge in [-0.15, -0.1) is 0 Å². The highest BCUT2D eigenvalue weighted by molar-refractivity contribution is 5.92. The van der Waals surface area contributed by atoms with Crippen molar-refractivity contribution >= 4 is 5.91 Å². The lowest BCUT2D eigenvalue weighted by atomic mass is 9.85. The van der Waals surface area contributed by atoms with Crippen molar-refractivity contribution in [2.45, 2.75) is 46.5 Å². The molecular weight excluding hydrogens is 240 g/mol. The van der Waals surface area contributed by atoms with Gasteiger partial charge < -0.3 is 9.84 Å². The maximum Gasteiger partial charge on any atom is 0.273 e. The quantitative estimate of drug-likeness (QED) is 0.858. The molecule has 0 spiro atoms. The third-order valence-electron chi connectivity index (χ3n) is 3.95. The fourth-order valence-corrected chi connectivity index (χ4v) is 2.50. The van der Waals surface area contributed by atoms with Gasteiger partial charge in [0.25, 0.3) is 5.91 Å². The van der Waals surface area contributed by atoms with Crippen molar-refractivity contribution in [3.8, 4) is 0 Å². The van der Waals surface area contributed by atoms with Crippen LogP contribution in [0.3, 0.4) is 0 Å². The van der Waals surface area contributed by atoms with Crippen LogP contribution in [0.5, 0.6) is 0 Å². The van der Waals surface area contributed by atoms with Crippen LogP contribution in [-0.2, 0) is 0 Å².